The maximum Gasteiger partial charge on any atom is 0.275 e. The molecule has 1 heterocycles. The van der Waals surface area contributed by atoms with Crippen LogP contribution in [0.3, 0.4) is 0 Å². The highest BCUT2D eigenvalue weighted by atomic mass is 16.1. The Morgan fingerprint density at radius 1 is 1.29 bits per heavy atom. The molecule has 0 saturated heterocycles. The van der Waals surface area contributed by atoms with E-state index < -0.39 is 0 Å². The molecule has 0 aliphatic carbocycles. The zero-order valence-corrected chi connectivity index (χ0v) is 9.09. The van der Waals surface area contributed by atoms with Gasteiger partial charge < -0.3 is 16.0 Å². The lowest BCUT2D eigenvalue weighted by Gasteiger charge is -2.23. The minimum absolute atomic E-state index is 0.115. The lowest BCUT2D eigenvalue weighted by Crippen LogP contribution is -2.29. The maximum atomic E-state index is 11.6. The van der Waals surface area contributed by atoms with E-state index in [1.165, 1.54) is 0 Å². The molecule has 0 aliphatic rings. The van der Waals surface area contributed by atoms with Gasteiger partial charge in [-0.1, -0.05) is 20.8 Å². The SMILES string of the molecule is Cn1c(C(C)(C)C)cc(N)c(N)c1=O. The fourth-order valence-electron chi connectivity index (χ4n) is 1.46. The summed E-state index contributed by atoms with van der Waals surface area (Å²) in [6.45, 7) is 6.08. The molecule has 0 spiro atoms. The zero-order valence-electron chi connectivity index (χ0n) is 9.09. The molecule has 14 heavy (non-hydrogen) atoms. The van der Waals surface area contributed by atoms with Crippen molar-refractivity contribution in [2.45, 2.75) is 26.2 Å². The predicted molar refractivity (Wildman–Crippen MR) is 59.2 cm³/mol. The summed E-state index contributed by atoms with van der Waals surface area (Å²) >= 11 is 0. The highest BCUT2D eigenvalue weighted by molar-refractivity contribution is 5.62. The molecule has 0 radical (unpaired) electrons. The van der Waals surface area contributed by atoms with Crippen molar-refractivity contribution < 1.29 is 0 Å². The molecule has 78 valence electrons. The Morgan fingerprint density at radius 3 is 2.21 bits per heavy atom. The third kappa shape index (κ3) is 1.60. The summed E-state index contributed by atoms with van der Waals surface area (Å²) < 4.78 is 1.55. The molecule has 0 amide bonds. The summed E-state index contributed by atoms with van der Waals surface area (Å²) in [7, 11) is 1.71. The lowest BCUT2D eigenvalue weighted by atomic mass is 9.91. The molecule has 0 atom stereocenters. The van der Waals surface area contributed by atoms with Crippen LogP contribution in [0.5, 0.6) is 0 Å². The molecule has 1 rings (SSSR count). The van der Waals surface area contributed by atoms with Gasteiger partial charge in [0, 0.05) is 18.2 Å². The van der Waals surface area contributed by atoms with Gasteiger partial charge in [-0.25, -0.2) is 0 Å². The van der Waals surface area contributed by atoms with Crippen LogP contribution in [-0.4, -0.2) is 4.57 Å². The number of aromatic nitrogens is 1. The van der Waals surface area contributed by atoms with Gasteiger partial charge in [0.25, 0.3) is 5.56 Å². The summed E-state index contributed by atoms with van der Waals surface area (Å²) in [6, 6.07) is 1.76. The molecular weight excluding hydrogens is 178 g/mol. The fourth-order valence-corrected chi connectivity index (χ4v) is 1.46. The summed E-state index contributed by atoms with van der Waals surface area (Å²) in [5.41, 5.74) is 12.2. The highest BCUT2D eigenvalue weighted by Gasteiger charge is 2.19. The monoisotopic (exact) mass is 195 g/mol. The van der Waals surface area contributed by atoms with Gasteiger partial charge in [-0.3, -0.25) is 4.79 Å². The van der Waals surface area contributed by atoms with Crippen molar-refractivity contribution in [2.24, 2.45) is 7.05 Å². The second kappa shape index (κ2) is 3.04. The summed E-state index contributed by atoms with van der Waals surface area (Å²) in [6.07, 6.45) is 0. The van der Waals surface area contributed by atoms with Gasteiger partial charge in [-0.15, -0.1) is 0 Å². The largest absolute Gasteiger partial charge is 0.397 e. The molecule has 0 bridgehead atoms. The van der Waals surface area contributed by atoms with E-state index in [-0.39, 0.29) is 16.7 Å². The number of pyridine rings is 1. The Labute approximate surface area is 83.5 Å². The minimum atomic E-state index is -0.227. The molecular formula is C10H17N3O. The Bertz CT molecular complexity index is 413. The predicted octanol–water partition coefficient (Wildman–Crippen LogP) is 0.847. The summed E-state index contributed by atoms with van der Waals surface area (Å²) in [5.74, 6) is 0. The number of nitrogen functional groups attached to an aromatic ring is 2. The topological polar surface area (TPSA) is 74.0 Å². The van der Waals surface area contributed by atoms with Crippen molar-refractivity contribution in [1.29, 1.82) is 0 Å². The molecule has 0 aliphatic heterocycles. The molecule has 1 aromatic heterocycles. The van der Waals surface area contributed by atoms with Crippen molar-refractivity contribution >= 4 is 11.4 Å². The average molecular weight is 195 g/mol. The van der Waals surface area contributed by atoms with Crippen LogP contribution in [0.2, 0.25) is 0 Å². The van der Waals surface area contributed by atoms with Gasteiger partial charge in [0.15, 0.2) is 0 Å². The van der Waals surface area contributed by atoms with Gasteiger partial charge in [0.1, 0.15) is 5.69 Å². The van der Waals surface area contributed by atoms with Gasteiger partial charge >= 0.3 is 0 Å². The molecule has 4 N–H and O–H groups in total. The first kappa shape index (κ1) is 10.6. The summed E-state index contributed by atoms with van der Waals surface area (Å²) in [4.78, 5) is 11.6. The minimum Gasteiger partial charge on any atom is -0.397 e. The first-order valence-corrected chi connectivity index (χ1v) is 4.50. The molecule has 4 nitrogen and oxygen atoms in total. The van der Waals surface area contributed by atoms with E-state index in [2.05, 4.69) is 0 Å². The number of nitrogens with two attached hydrogens (primary N) is 2. The Kier molecular flexibility index (Phi) is 2.31. The average Bonchev–Trinajstić information content (AvgIpc) is 2.06. The second-order valence-corrected chi connectivity index (χ2v) is 4.51. The second-order valence-electron chi connectivity index (χ2n) is 4.51. The molecule has 0 unspecified atom stereocenters. The van der Waals surface area contributed by atoms with E-state index in [1.54, 1.807) is 17.7 Å². The van der Waals surface area contributed by atoms with Gasteiger partial charge in [0.05, 0.1) is 5.69 Å². The molecule has 1 aromatic rings. The van der Waals surface area contributed by atoms with Crippen molar-refractivity contribution in [2.75, 3.05) is 11.5 Å². The number of hydrogen-bond donors (Lipinski definition) is 2. The van der Waals surface area contributed by atoms with Crippen molar-refractivity contribution in [1.82, 2.24) is 4.57 Å². The Balaban J connectivity index is 3.58. The van der Waals surface area contributed by atoms with E-state index in [9.17, 15) is 4.79 Å². The number of rotatable bonds is 0. The van der Waals surface area contributed by atoms with Gasteiger partial charge in [-0.05, 0) is 6.07 Å². The zero-order chi connectivity index (χ0) is 11.1. The van der Waals surface area contributed by atoms with Crippen LogP contribution in [0.25, 0.3) is 0 Å². The van der Waals surface area contributed by atoms with Crippen molar-refractivity contribution in [3.63, 3.8) is 0 Å². The van der Waals surface area contributed by atoms with Crippen LogP contribution < -0.4 is 17.0 Å². The van der Waals surface area contributed by atoms with E-state index in [4.69, 9.17) is 11.5 Å². The van der Waals surface area contributed by atoms with E-state index in [0.717, 1.165) is 5.69 Å². The van der Waals surface area contributed by atoms with Crippen LogP contribution in [0.15, 0.2) is 10.9 Å². The van der Waals surface area contributed by atoms with E-state index in [1.807, 2.05) is 20.8 Å². The van der Waals surface area contributed by atoms with Crippen LogP contribution in [0.4, 0.5) is 11.4 Å². The number of hydrogen-bond acceptors (Lipinski definition) is 3. The van der Waals surface area contributed by atoms with E-state index >= 15 is 0 Å². The first-order chi connectivity index (χ1) is 6.25. The summed E-state index contributed by atoms with van der Waals surface area (Å²) in [5, 5.41) is 0. The van der Waals surface area contributed by atoms with Crippen LogP contribution in [-0.2, 0) is 12.5 Å². The lowest BCUT2D eigenvalue weighted by molar-refractivity contribution is 0.532. The van der Waals surface area contributed by atoms with Crippen LogP contribution in [0.1, 0.15) is 26.5 Å². The number of nitrogens with zero attached hydrogens (tertiary/aromatic N) is 1. The Morgan fingerprint density at radius 2 is 1.79 bits per heavy atom. The first-order valence-electron chi connectivity index (χ1n) is 4.50. The third-order valence-electron chi connectivity index (χ3n) is 2.27. The highest BCUT2D eigenvalue weighted by Crippen LogP contribution is 2.23. The molecule has 0 saturated carbocycles. The van der Waals surface area contributed by atoms with Crippen molar-refractivity contribution in [3.05, 3.63) is 22.1 Å². The quantitative estimate of drug-likeness (QED) is 0.644. The standard InChI is InChI=1S/C10H17N3O/c1-10(2,3)7-5-6(11)8(12)9(14)13(7)4/h5H,11-12H2,1-4H3. The molecule has 0 aromatic carbocycles. The fraction of sp³-hybridized carbons (Fsp3) is 0.500. The van der Waals surface area contributed by atoms with Gasteiger partial charge in [0.2, 0.25) is 0 Å². The van der Waals surface area contributed by atoms with E-state index in [0.29, 0.717) is 5.69 Å². The van der Waals surface area contributed by atoms with Crippen LogP contribution >= 0.6 is 0 Å². The van der Waals surface area contributed by atoms with Crippen molar-refractivity contribution in [3.8, 4) is 0 Å². The normalized spacial score (nSPS) is 11.7. The molecule has 0 fully saturated rings. The number of anilines is 2. The maximum absolute atomic E-state index is 11.6. The smallest absolute Gasteiger partial charge is 0.275 e. The molecule has 4 heteroatoms. The Hall–Kier alpha value is -1.45. The van der Waals surface area contributed by atoms with Crippen LogP contribution in [0, 0.1) is 0 Å². The third-order valence-corrected chi connectivity index (χ3v) is 2.27. The van der Waals surface area contributed by atoms with Gasteiger partial charge in [-0.2, -0.15) is 0 Å².